The lowest BCUT2D eigenvalue weighted by atomic mass is 10.0. The summed E-state index contributed by atoms with van der Waals surface area (Å²) in [6.45, 7) is 0.781. The van der Waals surface area contributed by atoms with Crippen LogP contribution in [-0.4, -0.2) is 31.0 Å². The van der Waals surface area contributed by atoms with E-state index in [0.717, 1.165) is 15.6 Å². The number of halogens is 2. The molecule has 1 aromatic carbocycles. The van der Waals surface area contributed by atoms with Gasteiger partial charge in [0.15, 0.2) is 6.17 Å². The minimum absolute atomic E-state index is 0.245. The summed E-state index contributed by atoms with van der Waals surface area (Å²) in [5, 5.41) is 0. The van der Waals surface area contributed by atoms with Crippen molar-refractivity contribution in [3.8, 4) is 0 Å². The zero-order chi connectivity index (χ0) is 12.6. The SMILES string of the molecule is F[C@H]1CCCO[C@@]12CN=C(c1ccccc1I)O2. The number of hydrogen-bond donors (Lipinski definition) is 0. The summed E-state index contributed by atoms with van der Waals surface area (Å²) < 4.78 is 26.3. The van der Waals surface area contributed by atoms with Crippen molar-refractivity contribution >= 4 is 28.5 Å². The van der Waals surface area contributed by atoms with Crippen molar-refractivity contribution in [3.05, 3.63) is 33.4 Å². The van der Waals surface area contributed by atoms with Crippen LogP contribution < -0.4 is 0 Å². The van der Waals surface area contributed by atoms with Crippen LogP contribution in [0.5, 0.6) is 0 Å². The van der Waals surface area contributed by atoms with E-state index in [1.54, 1.807) is 0 Å². The van der Waals surface area contributed by atoms with Gasteiger partial charge in [0.05, 0.1) is 6.61 Å². The van der Waals surface area contributed by atoms with Crippen LogP contribution >= 0.6 is 22.6 Å². The maximum atomic E-state index is 14.0. The fourth-order valence-electron chi connectivity index (χ4n) is 2.24. The molecule has 0 aliphatic carbocycles. The van der Waals surface area contributed by atoms with Crippen molar-refractivity contribution in [1.29, 1.82) is 0 Å². The molecule has 2 aliphatic heterocycles. The van der Waals surface area contributed by atoms with Crippen LogP contribution in [0.3, 0.4) is 0 Å². The standard InChI is InChI=1S/C13H13FINO2/c14-11-6-3-7-17-13(11)8-16-12(18-13)9-4-1-2-5-10(9)15/h1-2,4-5,11H,3,6-8H2/t11-,13+/m0/s1. The highest BCUT2D eigenvalue weighted by molar-refractivity contribution is 14.1. The average molecular weight is 361 g/mol. The largest absolute Gasteiger partial charge is 0.440 e. The summed E-state index contributed by atoms with van der Waals surface area (Å²) in [7, 11) is 0. The Bertz CT molecular complexity index is 494. The van der Waals surface area contributed by atoms with Crippen molar-refractivity contribution in [2.45, 2.75) is 24.8 Å². The third kappa shape index (κ3) is 2.03. The summed E-state index contributed by atoms with van der Waals surface area (Å²) in [5.41, 5.74) is 0.899. The van der Waals surface area contributed by atoms with Gasteiger partial charge in [-0.05, 0) is 47.6 Å². The van der Waals surface area contributed by atoms with E-state index in [4.69, 9.17) is 9.47 Å². The van der Waals surface area contributed by atoms with Gasteiger partial charge < -0.3 is 9.47 Å². The van der Waals surface area contributed by atoms with Crippen LogP contribution in [0.1, 0.15) is 18.4 Å². The van der Waals surface area contributed by atoms with E-state index in [0.29, 0.717) is 18.9 Å². The monoisotopic (exact) mass is 361 g/mol. The highest BCUT2D eigenvalue weighted by Gasteiger charge is 2.49. The van der Waals surface area contributed by atoms with Crippen molar-refractivity contribution < 1.29 is 13.9 Å². The van der Waals surface area contributed by atoms with E-state index in [1.165, 1.54) is 0 Å². The van der Waals surface area contributed by atoms with Gasteiger partial charge in [-0.15, -0.1) is 0 Å². The van der Waals surface area contributed by atoms with Crippen LogP contribution in [0.2, 0.25) is 0 Å². The Kier molecular flexibility index (Phi) is 3.27. The Balaban J connectivity index is 1.84. The molecule has 0 unspecified atom stereocenters. The predicted molar refractivity (Wildman–Crippen MR) is 74.5 cm³/mol. The Morgan fingerprint density at radius 2 is 2.22 bits per heavy atom. The zero-order valence-electron chi connectivity index (χ0n) is 9.73. The fourth-order valence-corrected chi connectivity index (χ4v) is 2.86. The number of benzene rings is 1. The normalized spacial score (nSPS) is 31.2. The Labute approximate surface area is 119 Å². The highest BCUT2D eigenvalue weighted by Crippen LogP contribution is 2.35. The van der Waals surface area contributed by atoms with Gasteiger partial charge >= 0.3 is 0 Å². The molecule has 0 amide bonds. The summed E-state index contributed by atoms with van der Waals surface area (Å²) in [4.78, 5) is 4.32. The number of aliphatic imine (C=N–C) groups is 1. The molecule has 3 nitrogen and oxygen atoms in total. The first-order valence-electron chi connectivity index (χ1n) is 5.98. The first-order chi connectivity index (χ1) is 8.71. The third-order valence-corrected chi connectivity index (χ3v) is 4.18. The molecule has 18 heavy (non-hydrogen) atoms. The van der Waals surface area contributed by atoms with E-state index >= 15 is 0 Å². The van der Waals surface area contributed by atoms with Crippen LogP contribution in [0, 0.1) is 3.57 Å². The minimum atomic E-state index is -1.17. The van der Waals surface area contributed by atoms with Gasteiger partial charge in [0.25, 0.3) is 5.79 Å². The molecule has 96 valence electrons. The molecule has 1 spiro atoms. The maximum Gasteiger partial charge on any atom is 0.263 e. The number of alkyl halides is 1. The molecule has 0 bridgehead atoms. The molecule has 3 rings (SSSR count). The van der Waals surface area contributed by atoms with Crippen LogP contribution in [-0.2, 0) is 9.47 Å². The second-order valence-corrected chi connectivity index (χ2v) is 5.64. The molecule has 0 N–H and O–H groups in total. The molecule has 2 heterocycles. The van der Waals surface area contributed by atoms with E-state index in [-0.39, 0.29) is 6.54 Å². The lowest BCUT2D eigenvalue weighted by molar-refractivity contribution is -0.232. The van der Waals surface area contributed by atoms with E-state index in [9.17, 15) is 4.39 Å². The summed E-state index contributed by atoms with van der Waals surface area (Å²) in [6, 6.07) is 7.77. The maximum absolute atomic E-state index is 14.0. The highest BCUT2D eigenvalue weighted by atomic mass is 127. The molecule has 0 saturated carbocycles. The molecule has 0 aromatic heterocycles. The molecular weight excluding hydrogens is 348 g/mol. The number of hydrogen-bond acceptors (Lipinski definition) is 3. The molecule has 1 saturated heterocycles. The van der Waals surface area contributed by atoms with Crippen molar-refractivity contribution in [2.75, 3.05) is 13.2 Å². The molecule has 5 heteroatoms. The van der Waals surface area contributed by atoms with Gasteiger partial charge in [0, 0.05) is 9.13 Å². The zero-order valence-corrected chi connectivity index (χ0v) is 11.9. The molecule has 2 atom stereocenters. The number of nitrogens with zero attached hydrogens (tertiary/aromatic N) is 1. The van der Waals surface area contributed by atoms with Crippen molar-refractivity contribution in [3.63, 3.8) is 0 Å². The van der Waals surface area contributed by atoms with Gasteiger partial charge in [-0.2, -0.15) is 0 Å². The average Bonchev–Trinajstić information content (AvgIpc) is 2.79. The lowest BCUT2D eigenvalue weighted by Crippen LogP contribution is -2.49. The molecule has 2 aliphatic rings. The number of ether oxygens (including phenoxy) is 2. The Morgan fingerprint density at radius 1 is 1.39 bits per heavy atom. The first-order valence-corrected chi connectivity index (χ1v) is 7.05. The first kappa shape index (κ1) is 12.3. The van der Waals surface area contributed by atoms with E-state index < -0.39 is 12.0 Å². The van der Waals surface area contributed by atoms with Crippen LogP contribution in [0.15, 0.2) is 29.3 Å². The summed E-state index contributed by atoms with van der Waals surface area (Å²) >= 11 is 2.22. The Hall–Kier alpha value is -0.690. The van der Waals surface area contributed by atoms with Gasteiger partial charge in [0.1, 0.15) is 6.54 Å². The summed E-state index contributed by atoms with van der Waals surface area (Å²) in [6.07, 6.45) is 0.118. The lowest BCUT2D eigenvalue weighted by Gasteiger charge is -2.35. The third-order valence-electron chi connectivity index (χ3n) is 3.24. The number of rotatable bonds is 1. The summed E-state index contributed by atoms with van der Waals surface area (Å²) in [5.74, 6) is -0.684. The van der Waals surface area contributed by atoms with Gasteiger partial charge in [-0.3, -0.25) is 0 Å². The smallest absolute Gasteiger partial charge is 0.263 e. The van der Waals surface area contributed by atoms with Gasteiger partial charge in [0.2, 0.25) is 5.90 Å². The topological polar surface area (TPSA) is 30.8 Å². The van der Waals surface area contributed by atoms with E-state index in [2.05, 4.69) is 27.6 Å². The van der Waals surface area contributed by atoms with Crippen LogP contribution in [0.4, 0.5) is 4.39 Å². The quantitative estimate of drug-likeness (QED) is 0.721. The predicted octanol–water partition coefficient (Wildman–Crippen LogP) is 2.91. The van der Waals surface area contributed by atoms with Gasteiger partial charge in [-0.1, -0.05) is 12.1 Å². The molecule has 1 fully saturated rings. The fraction of sp³-hybridized carbons (Fsp3) is 0.462. The van der Waals surface area contributed by atoms with E-state index in [1.807, 2.05) is 24.3 Å². The second-order valence-electron chi connectivity index (χ2n) is 4.47. The van der Waals surface area contributed by atoms with Gasteiger partial charge in [-0.25, -0.2) is 9.38 Å². The van der Waals surface area contributed by atoms with Crippen molar-refractivity contribution in [1.82, 2.24) is 0 Å². The second kappa shape index (κ2) is 4.77. The van der Waals surface area contributed by atoms with Crippen LogP contribution in [0.25, 0.3) is 0 Å². The van der Waals surface area contributed by atoms with Crippen molar-refractivity contribution in [2.24, 2.45) is 4.99 Å². The Morgan fingerprint density at radius 3 is 3.00 bits per heavy atom. The minimum Gasteiger partial charge on any atom is -0.440 e. The molecule has 0 radical (unpaired) electrons. The molecule has 1 aromatic rings. The molecular formula is C13H13FINO2.